The second-order valence-corrected chi connectivity index (χ2v) is 5.83. The third kappa shape index (κ3) is 4.25. The molecule has 1 amide bonds. The monoisotopic (exact) mass is 279 g/mol. The zero-order valence-electron chi connectivity index (χ0n) is 11.4. The summed E-state index contributed by atoms with van der Waals surface area (Å²) in [6.07, 6.45) is 3.45. The predicted molar refractivity (Wildman–Crippen MR) is 78.8 cm³/mol. The minimum atomic E-state index is 0.00898. The minimum absolute atomic E-state index is 0.00898. The fourth-order valence-corrected chi connectivity index (χ4v) is 3.01. The van der Waals surface area contributed by atoms with Crippen LogP contribution >= 0.6 is 11.8 Å². The van der Waals surface area contributed by atoms with Crippen LogP contribution in [0, 0.1) is 0 Å². The summed E-state index contributed by atoms with van der Waals surface area (Å²) in [7, 11) is 0. The van der Waals surface area contributed by atoms with E-state index in [4.69, 9.17) is 4.74 Å². The molecule has 1 aromatic carbocycles. The lowest BCUT2D eigenvalue weighted by molar-refractivity contribution is 0.0855. The van der Waals surface area contributed by atoms with Crippen LogP contribution in [0.25, 0.3) is 0 Å². The van der Waals surface area contributed by atoms with Crippen molar-refractivity contribution < 1.29 is 9.53 Å². The van der Waals surface area contributed by atoms with Gasteiger partial charge in [0.2, 0.25) is 0 Å². The van der Waals surface area contributed by atoms with Crippen molar-refractivity contribution in [3.63, 3.8) is 0 Å². The number of benzene rings is 1. The van der Waals surface area contributed by atoms with E-state index < -0.39 is 0 Å². The molecule has 1 atom stereocenters. The zero-order chi connectivity index (χ0) is 13.5. The van der Waals surface area contributed by atoms with Gasteiger partial charge in [0.1, 0.15) is 0 Å². The molecule has 0 spiro atoms. The number of nitrogens with one attached hydrogen (secondary N) is 1. The molecule has 104 valence electrons. The van der Waals surface area contributed by atoms with Crippen LogP contribution in [0.15, 0.2) is 29.2 Å². The highest BCUT2D eigenvalue weighted by molar-refractivity contribution is 7.99. The van der Waals surface area contributed by atoms with E-state index in [9.17, 15) is 4.79 Å². The summed E-state index contributed by atoms with van der Waals surface area (Å²) in [5, 5.41) is 2.98. The largest absolute Gasteiger partial charge is 0.376 e. The Kier molecular flexibility index (Phi) is 5.73. The molecular weight excluding hydrogens is 258 g/mol. The van der Waals surface area contributed by atoms with Crippen LogP contribution in [0.3, 0.4) is 0 Å². The molecule has 4 heteroatoms. The average Bonchev–Trinajstić information content (AvgIpc) is 2.96. The van der Waals surface area contributed by atoms with Crippen molar-refractivity contribution in [2.24, 2.45) is 0 Å². The van der Waals surface area contributed by atoms with Crippen molar-refractivity contribution >= 4 is 17.7 Å². The van der Waals surface area contributed by atoms with Crippen LogP contribution in [-0.2, 0) is 4.74 Å². The van der Waals surface area contributed by atoms with Crippen molar-refractivity contribution in [1.82, 2.24) is 5.32 Å². The lowest BCUT2D eigenvalue weighted by atomic mass is 10.2. The maximum atomic E-state index is 12.2. The van der Waals surface area contributed by atoms with E-state index >= 15 is 0 Å². The molecule has 0 radical (unpaired) electrons. The van der Waals surface area contributed by atoms with Gasteiger partial charge in [-0.2, -0.15) is 0 Å². The molecule has 19 heavy (non-hydrogen) atoms. The van der Waals surface area contributed by atoms with E-state index in [1.807, 2.05) is 24.3 Å². The molecule has 1 aliphatic heterocycles. The maximum Gasteiger partial charge on any atom is 0.252 e. The van der Waals surface area contributed by atoms with E-state index in [1.165, 1.54) is 0 Å². The minimum Gasteiger partial charge on any atom is -0.376 e. The van der Waals surface area contributed by atoms with Crippen LogP contribution in [0.5, 0.6) is 0 Å². The molecule has 0 aromatic heterocycles. The third-order valence-corrected chi connectivity index (χ3v) is 4.39. The Labute approximate surface area is 119 Å². The second kappa shape index (κ2) is 7.56. The van der Waals surface area contributed by atoms with Gasteiger partial charge >= 0.3 is 0 Å². The lowest BCUT2D eigenvalue weighted by Crippen LogP contribution is -2.32. The predicted octanol–water partition coefficient (Wildman–Crippen LogP) is 3.10. The van der Waals surface area contributed by atoms with Gasteiger partial charge in [0.25, 0.3) is 5.91 Å². The van der Waals surface area contributed by atoms with E-state index in [-0.39, 0.29) is 12.0 Å². The van der Waals surface area contributed by atoms with Crippen molar-refractivity contribution in [2.45, 2.75) is 37.2 Å². The summed E-state index contributed by atoms with van der Waals surface area (Å²) in [4.78, 5) is 13.3. The van der Waals surface area contributed by atoms with Gasteiger partial charge < -0.3 is 10.1 Å². The smallest absolute Gasteiger partial charge is 0.252 e. The van der Waals surface area contributed by atoms with Crippen molar-refractivity contribution in [1.29, 1.82) is 0 Å². The van der Waals surface area contributed by atoms with Gasteiger partial charge in [-0.15, -0.1) is 11.8 Å². The molecule has 1 aliphatic rings. The number of carbonyl (C=O) groups excluding carboxylic acids is 1. The first-order valence-electron chi connectivity index (χ1n) is 6.93. The van der Waals surface area contributed by atoms with Gasteiger partial charge in [-0.25, -0.2) is 0 Å². The highest BCUT2D eigenvalue weighted by atomic mass is 32.2. The third-order valence-electron chi connectivity index (χ3n) is 3.11. The molecule has 1 heterocycles. The Morgan fingerprint density at radius 3 is 3.05 bits per heavy atom. The van der Waals surface area contributed by atoms with Crippen LogP contribution < -0.4 is 5.32 Å². The van der Waals surface area contributed by atoms with Crippen molar-refractivity contribution in [3.8, 4) is 0 Å². The molecule has 0 aliphatic carbocycles. The first kappa shape index (κ1) is 14.4. The number of hydrogen-bond donors (Lipinski definition) is 1. The van der Waals surface area contributed by atoms with Gasteiger partial charge in [-0.05, 0) is 37.1 Å². The summed E-state index contributed by atoms with van der Waals surface area (Å²) in [5.74, 6) is 1.05. The number of thioether (sulfide) groups is 1. The number of carbonyl (C=O) groups is 1. The van der Waals surface area contributed by atoms with Gasteiger partial charge in [0, 0.05) is 18.0 Å². The Hall–Kier alpha value is -1.00. The number of amides is 1. The molecule has 3 nitrogen and oxygen atoms in total. The maximum absolute atomic E-state index is 12.2. The van der Waals surface area contributed by atoms with E-state index in [0.29, 0.717) is 6.54 Å². The summed E-state index contributed by atoms with van der Waals surface area (Å²) in [6, 6.07) is 7.80. The van der Waals surface area contributed by atoms with E-state index in [2.05, 4.69) is 12.2 Å². The lowest BCUT2D eigenvalue weighted by Gasteiger charge is -2.12. The highest BCUT2D eigenvalue weighted by Gasteiger charge is 2.17. The molecular formula is C15H21NO2S. The molecule has 1 N–H and O–H groups in total. The molecule has 0 saturated carbocycles. The topological polar surface area (TPSA) is 38.3 Å². The van der Waals surface area contributed by atoms with Crippen LogP contribution in [0.4, 0.5) is 0 Å². The summed E-state index contributed by atoms with van der Waals surface area (Å²) in [5.41, 5.74) is 0.777. The van der Waals surface area contributed by atoms with Crippen LogP contribution in [-0.4, -0.2) is 30.9 Å². The molecule has 0 bridgehead atoms. The molecule has 1 aromatic rings. The van der Waals surface area contributed by atoms with Crippen molar-refractivity contribution in [2.75, 3.05) is 18.9 Å². The second-order valence-electron chi connectivity index (χ2n) is 4.69. The Morgan fingerprint density at radius 2 is 2.32 bits per heavy atom. The van der Waals surface area contributed by atoms with E-state index in [1.54, 1.807) is 11.8 Å². The summed E-state index contributed by atoms with van der Waals surface area (Å²) >= 11 is 1.74. The standard InChI is InChI=1S/C15H21NO2S/c1-2-10-19-14-8-4-3-7-13(14)15(17)16-11-12-6-5-9-18-12/h3-4,7-8,12H,2,5-6,9-11H2,1H3,(H,16,17)/t12-/m0/s1. The van der Waals surface area contributed by atoms with E-state index in [0.717, 1.165) is 42.1 Å². The Bertz CT molecular complexity index is 416. The fraction of sp³-hybridized carbons (Fsp3) is 0.533. The number of ether oxygens (including phenoxy) is 1. The van der Waals surface area contributed by atoms with Crippen LogP contribution in [0.2, 0.25) is 0 Å². The average molecular weight is 279 g/mol. The van der Waals surface area contributed by atoms with Crippen LogP contribution in [0.1, 0.15) is 36.5 Å². The number of rotatable bonds is 6. The molecule has 1 saturated heterocycles. The summed E-state index contributed by atoms with van der Waals surface area (Å²) in [6.45, 7) is 3.59. The molecule has 1 fully saturated rings. The van der Waals surface area contributed by atoms with Gasteiger partial charge in [0.15, 0.2) is 0 Å². The zero-order valence-corrected chi connectivity index (χ0v) is 12.2. The SMILES string of the molecule is CCCSc1ccccc1C(=O)NC[C@@H]1CCCO1. The summed E-state index contributed by atoms with van der Waals surface area (Å²) < 4.78 is 5.51. The first-order valence-corrected chi connectivity index (χ1v) is 7.91. The van der Waals surface area contributed by atoms with Gasteiger partial charge in [-0.1, -0.05) is 19.1 Å². The molecule has 2 rings (SSSR count). The fourth-order valence-electron chi connectivity index (χ4n) is 2.10. The first-order chi connectivity index (χ1) is 9.31. The highest BCUT2D eigenvalue weighted by Crippen LogP contribution is 2.23. The molecule has 0 unspecified atom stereocenters. The van der Waals surface area contributed by atoms with Gasteiger partial charge in [0.05, 0.1) is 11.7 Å². The van der Waals surface area contributed by atoms with Gasteiger partial charge in [-0.3, -0.25) is 4.79 Å². The quantitative estimate of drug-likeness (QED) is 0.813. The Morgan fingerprint density at radius 1 is 1.47 bits per heavy atom. The number of hydrogen-bond acceptors (Lipinski definition) is 3. The Balaban J connectivity index is 1.93. The van der Waals surface area contributed by atoms with Crippen molar-refractivity contribution in [3.05, 3.63) is 29.8 Å². The normalized spacial score (nSPS) is 18.5.